The van der Waals surface area contributed by atoms with Crippen LogP contribution in [0, 0.1) is 0 Å². The summed E-state index contributed by atoms with van der Waals surface area (Å²) in [6.45, 7) is 8.46. The molecule has 23 heavy (non-hydrogen) atoms. The number of benzene rings is 1. The number of hydrogen-bond acceptors (Lipinski definition) is 4. The van der Waals surface area contributed by atoms with E-state index in [0.717, 1.165) is 50.4 Å². The van der Waals surface area contributed by atoms with E-state index in [0.29, 0.717) is 0 Å². The number of hydrogen-bond donors (Lipinski definition) is 1. The Kier molecular flexibility index (Phi) is 6.42. The molecule has 1 N–H and O–H groups in total. The highest BCUT2D eigenvalue weighted by Crippen LogP contribution is 2.16. The zero-order valence-electron chi connectivity index (χ0n) is 14.5. The first-order chi connectivity index (χ1) is 11.1. The van der Waals surface area contributed by atoms with E-state index in [2.05, 4.69) is 23.6 Å². The van der Waals surface area contributed by atoms with E-state index in [9.17, 15) is 9.90 Å². The monoisotopic (exact) mass is 319 g/mol. The molecular weight excluding hydrogens is 290 g/mol. The lowest BCUT2D eigenvalue weighted by atomic mass is 10.1. The van der Waals surface area contributed by atoms with E-state index in [-0.39, 0.29) is 18.6 Å². The van der Waals surface area contributed by atoms with Gasteiger partial charge in [0.05, 0.1) is 6.61 Å². The third-order valence-electron chi connectivity index (χ3n) is 4.83. The number of nitrogens with zero attached hydrogens (tertiary/aromatic N) is 3. The van der Waals surface area contributed by atoms with Gasteiger partial charge in [-0.15, -0.1) is 0 Å². The van der Waals surface area contributed by atoms with Crippen molar-refractivity contribution in [3.63, 3.8) is 0 Å². The molecule has 5 nitrogen and oxygen atoms in total. The molecule has 0 aliphatic carbocycles. The largest absolute Gasteiger partial charge is 0.395 e. The first-order valence-electron chi connectivity index (χ1n) is 8.56. The van der Waals surface area contributed by atoms with Crippen LogP contribution < -0.4 is 4.90 Å². The Labute approximate surface area is 139 Å². The number of amides is 1. The Morgan fingerprint density at radius 3 is 2.26 bits per heavy atom. The molecule has 1 amide bonds. The lowest BCUT2D eigenvalue weighted by Crippen LogP contribution is -2.52. The van der Waals surface area contributed by atoms with Crippen LogP contribution in [0.2, 0.25) is 0 Å². The van der Waals surface area contributed by atoms with Gasteiger partial charge in [0, 0.05) is 57.1 Å². The minimum atomic E-state index is 0.104. The van der Waals surface area contributed by atoms with Crippen molar-refractivity contribution in [2.24, 2.45) is 0 Å². The van der Waals surface area contributed by atoms with Gasteiger partial charge in [0.1, 0.15) is 0 Å². The Morgan fingerprint density at radius 1 is 1.17 bits per heavy atom. The number of carbonyl (C=O) groups is 1. The molecule has 1 aromatic rings. The second-order valence-corrected chi connectivity index (χ2v) is 6.13. The normalized spacial score (nSPS) is 17.1. The van der Waals surface area contributed by atoms with Crippen LogP contribution in [0.15, 0.2) is 24.3 Å². The van der Waals surface area contributed by atoms with E-state index in [4.69, 9.17) is 0 Å². The van der Waals surface area contributed by atoms with Gasteiger partial charge >= 0.3 is 0 Å². The van der Waals surface area contributed by atoms with Gasteiger partial charge in [0.25, 0.3) is 5.91 Å². The molecule has 2 rings (SSSR count). The number of aliphatic hydroxyl groups excluding tert-OH is 1. The van der Waals surface area contributed by atoms with E-state index >= 15 is 0 Å². The van der Waals surface area contributed by atoms with Crippen molar-refractivity contribution in [2.75, 3.05) is 51.3 Å². The summed E-state index contributed by atoms with van der Waals surface area (Å²) in [5.74, 6) is 0.104. The van der Waals surface area contributed by atoms with Crippen LogP contribution in [0.1, 0.15) is 30.6 Å². The first-order valence-corrected chi connectivity index (χ1v) is 8.56. The molecule has 1 aliphatic rings. The standard InChI is InChI=1S/C18H29N3O2/c1-4-16(14-22)20-10-12-21(13-11-20)18(23)15-6-8-17(9-7-15)19(3)5-2/h6-9,16,22H,4-5,10-14H2,1-3H3. The molecule has 1 saturated heterocycles. The van der Waals surface area contributed by atoms with Gasteiger partial charge in [-0.25, -0.2) is 0 Å². The maximum absolute atomic E-state index is 12.6. The minimum Gasteiger partial charge on any atom is -0.395 e. The summed E-state index contributed by atoms with van der Waals surface area (Å²) in [5, 5.41) is 9.40. The molecule has 0 radical (unpaired) electrons. The van der Waals surface area contributed by atoms with Gasteiger partial charge in [-0.1, -0.05) is 6.92 Å². The molecular formula is C18H29N3O2. The molecule has 1 fully saturated rings. The highest BCUT2D eigenvalue weighted by molar-refractivity contribution is 5.94. The van der Waals surface area contributed by atoms with E-state index < -0.39 is 0 Å². The number of piperazine rings is 1. The SMILES string of the molecule is CCC(CO)N1CCN(C(=O)c2ccc(N(C)CC)cc2)CC1. The van der Waals surface area contributed by atoms with Crippen LogP contribution in [-0.4, -0.2) is 73.2 Å². The highest BCUT2D eigenvalue weighted by atomic mass is 16.3. The van der Waals surface area contributed by atoms with Crippen molar-refractivity contribution in [1.82, 2.24) is 9.80 Å². The summed E-state index contributed by atoms with van der Waals surface area (Å²) in [6, 6.07) is 8.06. The molecule has 0 saturated carbocycles. The van der Waals surface area contributed by atoms with Crippen LogP contribution >= 0.6 is 0 Å². The number of carbonyl (C=O) groups excluding carboxylic acids is 1. The van der Waals surface area contributed by atoms with E-state index in [1.807, 2.05) is 36.2 Å². The summed E-state index contributed by atoms with van der Waals surface area (Å²) in [4.78, 5) is 19.0. The number of anilines is 1. The zero-order chi connectivity index (χ0) is 16.8. The van der Waals surface area contributed by atoms with Gasteiger partial charge in [0.2, 0.25) is 0 Å². The van der Waals surface area contributed by atoms with Gasteiger partial charge in [-0.3, -0.25) is 9.69 Å². The topological polar surface area (TPSA) is 47.0 Å². The summed E-state index contributed by atoms with van der Waals surface area (Å²) >= 11 is 0. The van der Waals surface area contributed by atoms with Crippen molar-refractivity contribution in [1.29, 1.82) is 0 Å². The zero-order valence-corrected chi connectivity index (χ0v) is 14.5. The molecule has 1 atom stereocenters. The predicted octanol–water partition coefficient (Wildman–Crippen LogP) is 1.67. The van der Waals surface area contributed by atoms with Crippen molar-refractivity contribution in [3.05, 3.63) is 29.8 Å². The molecule has 0 bridgehead atoms. The Hall–Kier alpha value is -1.59. The second-order valence-electron chi connectivity index (χ2n) is 6.13. The third-order valence-corrected chi connectivity index (χ3v) is 4.83. The minimum absolute atomic E-state index is 0.104. The van der Waals surface area contributed by atoms with Crippen LogP contribution in [0.25, 0.3) is 0 Å². The fraction of sp³-hybridized carbons (Fsp3) is 0.611. The van der Waals surface area contributed by atoms with Crippen LogP contribution in [0.5, 0.6) is 0 Å². The molecule has 5 heteroatoms. The van der Waals surface area contributed by atoms with Gasteiger partial charge in [0.15, 0.2) is 0 Å². The highest BCUT2D eigenvalue weighted by Gasteiger charge is 2.25. The van der Waals surface area contributed by atoms with Crippen molar-refractivity contribution < 1.29 is 9.90 Å². The molecule has 128 valence electrons. The number of aliphatic hydroxyl groups is 1. The fourth-order valence-corrected chi connectivity index (χ4v) is 3.02. The summed E-state index contributed by atoms with van der Waals surface area (Å²) in [5.41, 5.74) is 1.88. The number of rotatable bonds is 6. The fourth-order valence-electron chi connectivity index (χ4n) is 3.02. The molecule has 1 aromatic carbocycles. The van der Waals surface area contributed by atoms with Crippen LogP contribution in [0.3, 0.4) is 0 Å². The quantitative estimate of drug-likeness (QED) is 0.866. The van der Waals surface area contributed by atoms with E-state index in [1.165, 1.54) is 0 Å². The maximum atomic E-state index is 12.6. The van der Waals surface area contributed by atoms with Gasteiger partial charge in [-0.05, 0) is 37.6 Å². The molecule has 1 heterocycles. The smallest absolute Gasteiger partial charge is 0.253 e. The first kappa shape index (κ1) is 17.8. The lowest BCUT2D eigenvalue weighted by molar-refractivity contribution is 0.0472. The average molecular weight is 319 g/mol. The van der Waals surface area contributed by atoms with Crippen molar-refractivity contribution in [2.45, 2.75) is 26.3 Å². The third kappa shape index (κ3) is 4.24. The molecule has 0 aromatic heterocycles. The van der Waals surface area contributed by atoms with Crippen molar-refractivity contribution in [3.8, 4) is 0 Å². The summed E-state index contributed by atoms with van der Waals surface area (Å²) in [7, 11) is 2.04. The Bertz CT molecular complexity index is 491. The van der Waals surface area contributed by atoms with Gasteiger partial charge < -0.3 is 14.9 Å². The molecule has 1 unspecified atom stereocenters. The van der Waals surface area contributed by atoms with Gasteiger partial charge in [-0.2, -0.15) is 0 Å². The summed E-state index contributed by atoms with van der Waals surface area (Å²) < 4.78 is 0. The van der Waals surface area contributed by atoms with E-state index in [1.54, 1.807) is 0 Å². The van der Waals surface area contributed by atoms with Crippen molar-refractivity contribution >= 4 is 11.6 Å². The average Bonchev–Trinajstić information content (AvgIpc) is 2.62. The Balaban J connectivity index is 1.94. The second kappa shape index (κ2) is 8.31. The predicted molar refractivity (Wildman–Crippen MR) is 94.0 cm³/mol. The summed E-state index contributed by atoms with van der Waals surface area (Å²) in [6.07, 6.45) is 0.941. The maximum Gasteiger partial charge on any atom is 0.253 e. The van der Waals surface area contributed by atoms with Crippen LogP contribution in [-0.2, 0) is 0 Å². The lowest BCUT2D eigenvalue weighted by Gasteiger charge is -2.38. The van der Waals surface area contributed by atoms with Crippen LogP contribution in [0.4, 0.5) is 5.69 Å². The molecule has 1 aliphatic heterocycles. The molecule has 0 spiro atoms. The Morgan fingerprint density at radius 2 is 1.78 bits per heavy atom.